The van der Waals surface area contributed by atoms with Crippen LogP contribution in [0, 0.1) is 11.3 Å². The molecule has 0 spiro atoms. The maximum Gasteiger partial charge on any atom is 0.323 e. The summed E-state index contributed by atoms with van der Waals surface area (Å²) in [7, 11) is 0. The highest BCUT2D eigenvalue weighted by molar-refractivity contribution is 5.98. The molecule has 1 aliphatic rings. The van der Waals surface area contributed by atoms with Gasteiger partial charge in [0.25, 0.3) is 0 Å². The molecule has 21 heavy (non-hydrogen) atoms. The number of carboxylic acids is 1. The third kappa shape index (κ3) is 2.94. The van der Waals surface area contributed by atoms with Gasteiger partial charge >= 0.3 is 11.9 Å². The molecule has 1 N–H and O–H groups in total. The van der Waals surface area contributed by atoms with Crippen molar-refractivity contribution in [1.82, 2.24) is 0 Å². The molecule has 0 amide bonds. The van der Waals surface area contributed by atoms with E-state index in [2.05, 4.69) is 12.1 Å². The van der Waals surface area contributed by atoms with Crippen LogP contribution < -0.4 is 0 Å². The van der Waals surface area contributed by atoms with Crippen LogP contribution in [0.2, 0.25) is 0 Å². The van der Waals surface area contributed by atoms with Crippen LogP contribution in [0.5, 0.6) is 0 Å². The van der Waals surface area contributed by atoms with Crippen molar-refractivity contribution >= 4 is 11.9 Å². The number of esters is 1. The topological polar surface area (TPSA) is 63.6 Å². The molecular weight excluding hydrogens is 268 g/mol. The largest absolute Gasteiger partial charge is 0.480 e. The second-order valence-corrected chi connectivity index (χ2v) is 6.80. The number of carbonyl (C=O) groups is 2. The molecule has 1 aromatic rings. The SMILES string of the molecule is CC(C)(C(=O)O)C(=O)OC(C)(C)C1Cc2ccccc2C1. The predicted molar refractivity (Wildman–Crippen MR) is 78.9 cm³/mol. The van der Waals surface area contributed by atoms with Gasteiger partial charge in [0.05, 0.1) is 0 Å². The number of carbonyl (C=O) groups excluding carboxylic acids is 1. The number of hydrogen-bond donors (Lipinski definition) is 1. The molecule has 0 radical (unpaired) electrons. The molecule has 4 heteroatoms. The summed E-state index contributed by atoms with van der Waals surface area (Å²) in [4.78, 5) is 23.3. The molecule has 0 bridgehead atoms. The smallest absolute Gasteiger partial charge is 0.323 e. The quantitative estimate of drug-likeness (QED) is 0.684. The molecule has 0 fully saturated rings. The number of ether oxygens (including phenoxy) is 1. The number of benzene rings is 1. The minimum Gasteiger partial charge on any atom is -0.480 e. The van der Waals surface area contributed by atoms with E-state index in [9.17, 15) is 9.59 Å². The van der Waals surface area contributed by atoms with Gasteiger partial charge in [-0.25, -0.2) is 0 Å². The van der Waals surface area contributed by atoms with E-state index in [1.54, 1.807) is 0 Å². The van der Waals surface area contributed by atoms with E-state index in [-0.39, 0.29) is 5.92 Å². The van der Waals surface area contributed by atoms with E-state index in [1.165, 1.54) is 25.0 Å². The molecule has 1 aliphatic carbocycles. The zero-order chi connectivity index (χ0) is 15.8. The Hall–Kier alpha value is -1.84. The summed E-state index contributed by atoms with van der Waals surface area (Å²) < 4.78 is 5.56. The van der Waals surface area contributed by atoms with Gasteiger partial charge in [0.1, 0.15) is 5.60 Å². The maximum atomic E-state index is 12.1. The van der Waals surface area contributed by atoms with Crippen molar-refractivity contribution in [3.05, 3.63) is 35.4 Å². The summed E-state index contributed by atoms with van der Waals surface area (Å²) in [6.45, 7) is 6.47. The normalized spacial score (nSPS) is 15.6. The Morgan fingerprint density at radius 1 is 1.10 bits per heavy atom. The molecule has 4 nitrogen and oxygen atoms in total. The van der Waals surface area contributed by atoms with E-state index in [0.717, 1.165) is 12.8 Å². The van der Waals surface area contributed by atoms with Crippen molar-refractivity contribution in [2.45, 2.75) is 46.1 Å². The summed E-state index contributed by atoms with van der Waals surface area (Å²) in [5, 5.41) is 9.12. The van der Waals surface area contributed by atoms with Crippen molar-refractivity contribution in [2.75, 3.05) is 0 Å². The lowest BCUT2D eigenvalue weighted by molar-refractivity contribution is -0.179. The molecule has 0 saturated carbocycles. The molecule has 114 valence electrons. The van der Waals surface area contributed by atoms with E-state index in [0.29, 0.717) is 0 Å². The Balaban J connectivity index is 2.11. The van der Waals surface area contributed by atoms with Gasteiger partial charge in [-0.05, 0) is 51.7 Å². The number of fused-ring (bicyclic) bond motifs is 1. The third-order valence-electron chi connectivity index (χ3n) is 4.43. The van der Waals surface area contributed by atoms with Gasteiger partial charge in [0.15, 0.2) is 5.41 Å². The minimum atomic E-state index is -1.53. The fourth-order valence-corrected chi connectivity index (χ4v) is 2.59. The van der Waals surface area contributed by atoms with Crippen molar-refractivity contribution < 1.29 is 19.4 Å². The first-order valence-corrected chi connectivity index (χ1v) is 7.18. The van der Waals surface area contributed by atoms with Crippen molar-refractivity contribution in [3.63, 3.8) is 0 Å². The average molecular weight is 290 g/mol. The molecule has 0 unspecified atom stereocenters. The first-order valence-electron chi connectivity index (χ1n) is 7.18. The van der Waals surface area contributed by atoms with E-state index >= 15 is 0 Å². The van der Waals surface area contributed by atoms with Crippen molar-refractivity contribution in [1.29, 1.82) is 0 Å². The Bertz CT molecular complexity index is 547. The Morgan fingerprint density at radius 2 is 1.57 bits per heavy atom. The maximum absolute atomic E-state index is 12.1. The highest BCUT2D eigenvalue weighted by Gasteiger charge is 2.44. The second kappa shape index (κ2) is 5.17. The lowest BCUT2D eigenvalue weighted by Gasteiger charge is -2.34. The van der Waals surface area contributed by atoms with Crippen LogP contribution >= 0.6 is 0 Å². The summed E-state index contributed by atoms with van der Waals surface area (Å²) >= 11 is 0. The first-order chi connectivity index (χ1) is 9.64. The zero-order valence-electron chi connectivity index (χ0n) is 13.0. The second-order valence-electron chi connectivity index (χ2n) is 6.80. The van der Waals surface area contributed by atoms with E-state index in [1.807, 2.05) is 26.0 Å². The molecule has 0 heterocycles. The number of rotatable bonds is 4. The molecule has 0 aliphatic heterocycles. The van der Waals surface area contributed by atoms with Gasteiger partial charge in [-0.1, -0.05) is 24.3 Å². The van der Waals surface area contributed by atoms with Crippen LogP contribution in [0.4, 0.5) is 0 Å². The summed E-state index contributed by atoms with van der Waals surface area (Å²) in [5.41, 5.74) is 0.346. The van der Waals surface area contributed by atoms with Crippen LogP contribution in [0.15, 0.2) is 24.3 Å². The molecular formula is C17H22O4. The fourth-order valence-electron chi connectivity index (χ4n) is 2.59. The zero-order valence-corrected chi connectivity index (χ0v) is 13.0. The standard InChI is InChI=1S/C17H22O4/c1-16(2,14(18)19)15(20)21-17(3,4)13-9-11-7-5-6-8-12(11)10-13/h5-8,13H,9-10H2,1-4H3,(H,18,19). The van der Waals surface area contributed by atoms with Crippen LogP contribution in [-0.4, -0.2) is 22.6 Å². The number of carboxylic acid groups (broad SMARTS) is 1. The third-order valence-corrected chi connectivity index (χ3v) is 4.43. The van der Waals surface area contributed by atoms with Crippen molar-refractivity contribution in [2.24, 2.45) is 11.3 Å². The Kier molecular flexibility index (Phi) is 3.83. The van der Waals surface area contributed by atoms with Gasteiger partial charge < -0.3 is 9.84 Å². The van der Waals surface area contributed by atoms with Crippen LogP contribution in [0.25, 0.3) is 0 Å². The van der Waals surface area contributed by atoms with Crippen LogP contribution in [-0.2, 0) is 27.2 Å². The summed E-state index contributed by atoms with van der Waals surface area (Å²) in [6, 6.07) is 8.20. The predicted octanol–water partition coefficient (Wildman–Crippen LogP) is 2.83. The minimum absolute atomic E-state index is 0.170. The lowest BCUT2D eigenvalue weighted by Crippen LogP contribution is -2.44. The first kappa shape index (κ1) is 15.5. The van der Waals surface area contributed by atoms with Crippen molar-refractivity contribution in [3.8, 4) is 0 Å². The summed E-state index contributed by atoms with van der Waals surface area (Å²) in [6.07, 6.45) is 1.70. The molecule has 0 aromatic heterocycles. The van der Waals surface area contributed by atoms with Crippen LogP contribution in [0.3, 0.4) is 0 Å². The van der Waals surface area contributed by atoms with Gasteiger partial charge in [-0.15, -0.1) is 0 Å². The van der Waals surface area contributed by atoms with E-state index in [4.69, 9.17) is 9.84 Å². The molecule has 1 aromatic carbocycles. The van der Waals surface area contributed by atoms with Gasteiger partial charge in [0.2, 0.25) is 0 Å². The molecule has 0 saturated heterocycles. The fraction of sp³-hybridized carbons (Fsp3) is 0.529. The highest BCUT2D eigenvalue weighted by Crippen LogP contribution is 2.36. The summed E-state index contributed by atoms with van der Waals surface area (Å²) in [5.74, 6) is -1.68. The van der Waals surface area contributed by atoms with Gasteiger partial charge in [-0.2, -0.15) is 0 Å². The molecule has 2 rings (SSSR count). The monoisotopic (exact) mass is 290 g/mol. The van der Waals surface area contributed by atoms with Crippen LogP contribution in [0.1, 0.15) is 38.8 Å². The Labute approximate surface area is 125 Å². The van der Waals surface area contributed by atoms with Gasteiger partial charge in [-0.3, -0.25) is 9.59 Å². The Morgan fingerprint density at radius 3 is 2.00 bits per heavy atom. The number of hydrogen-bond acceptors (Lipinski definition) is 3. The van der Waals surface area contributed by atoms with E-state index < -0.39 is 23.0 Å². The average Bonchev–Trinajstić information content (AvgIpc) is 2.82. The highest BCUT2D eigenvalue weighted by atomic mass is 16.6. The lowest BCUT2D eigenvalue weighted by atomic mass is 9.87. The number of aliphatic carboxylic acids is 1. The van der Waals surface area contributed by atoms with Gasteiger partial charge in [0, 0.05) is 5.92 Å². The molecule has 0 atom stereocenters.